The fourth-order valence-corrected chi connectivity index (χ4v) is 5.59. The van der Waals surface area contributed by atoms with Gasteiger partial charge in [-0.3, -0.25) is 9.59 Å². The molecule has 3 rings (SSSR count). The van der Waals surface area contributed by atoms with Gasteiger partial charge in [-0.05, 0) is 23.6 Å². The fourth-order valence-electron chi connectivity index (χ4n) is 3.95. The van der Waals surface area contributed by atoms with Gasteiger partial charge in [-0.15, -0.1) is 0 Å². The minimum atomic E-state index is -4.21. The van der Waals surface area contributed by atoms with Crippen molar-refractivity contribution in [3.8, 4) is 11.1 Å². The number of imidazole rings is 1. The summed E-state index contributed by atoms with van der Waals surface area (Å²) in [4.78, 5) is 28.5. The van der Waals surface area contributed by atoms with E-state index in [4.69, 9.17) is 11.6 Å². The Morgan fingerprint density at radius 2 is 1.85 bits per heavy atom. The molecule has 3 aromatic rings. The number of unbranched alkanes of at least 4 members (excludes halogenated alkanes) is 1. The minimum Gasteiger partial charge on any atom is -0.390 e. The summed E-state index contributed by atoms with van der Waals surface area (Å²) < 4.78 is 30.1. The smallest absolute Gasteiger partial charge is 0.264 e. The van der Waals surface area contributed by atoms with Crippen LogP contribution in [0.3, 0.4) is 0 Å². The lowest BCUT2D eigenvalue weighted by molar-refractivity contribution is -0.127. The van der Waals surface area contributed by atoms with Crippen LogP contribution in [-0.4, -0.2) is 47.2 Å². The molecule has 0 radical (unpaired) electrons. The van der Waals surface area contributed by atoms with Gasteiger partial charge in [0.15, 0.2) is 5.15 Å². The van der Waals surface area contributed by atoms with Gasteiger partial charge >= 0.3 is 0 Å². The molecule has 0 fully saturated rings. The highest BCUT2D eigenvalue weighted by Crippen LogP contribution is 2.28. The van der Waals surface area contributed by atoms with Gasteiger partial charge in [0, 0.05) is 30.2 Å². The van der Waals surface area contributed by atoms with Crippen LogP contribution < -0.4 is 10.0 Å². The molecule has 1 atom stereocenters. The molecule has 0 aliphatic carbocycles. The largest absolute Gasteiger partial charge is 0.390 e. The number of hydrogen-bond donors (Lipinski definition) is 4. The van der Waals surface area contributed by atoms with Gasteiger partial charge < -0.3 is 15.0 Å². The van der Waals surface area contributed by atoms with E-state index in [1.165, 1.54) is 6.07 Å². The molecule has 3 N–H and O–H groups in total. The monoisotopic (exact) mass is 592 g/mol. The van der Waals surface area contributed by atoms with Crippen LogP contribution in [0.5, 0.6) is 0 Å². The van der Waals surface area contributed by atoms with Crippen LogP contribution in [0.25, 0.3) is 11.1 Å². The first-order chi connectivity index (χ1) is 18.6. The van der Waals surface area contributed by atoms with Crippen LogP contribution in [0.4, 0.5) is 0 Å². The number of benzene rings is 2. The molecule has 0 aliphatic rings. The van der Waals surface area contributed by atoms with E-state index >= 15 is 0 Å². The number of nitrogens with zero attached hydrogens (tertiary/aromatic N) is 2. The molecule has 210 valence electrons. The van der Waals surface area contributed by atoms with Crippen LogP contribution in [0.2, 0.25) is 5.15 Å². The van der Waals surface area contributed by atoms with E-state index in [0.29, 0.717) is 29.1 Å². The zero-order valence-electron chi connectivity index (χ0n) is 21.9. The molecular formula is C27H33ClN4O5S2. The lowest BCUT2D eigenvalue weighted by Crippen LogP contribution is -2.41. The second-order valence-corrected chi connectivity index (χ2v) is 11.5. The zero-order valence-corrected chi connectivity index (χ0v) is 24.3. The lowest BCUT2D eigenvalue weighted by Gasteiger charge is -2.14. The van der Waals surface area contributed by atoms with Crippen LogP contribution in [-0.2, 0) is 39.2 Å². The van der Waals surface area contributed by atoms with Gasteiger partial charge in [-0.1, -0.05) is 74.3 Å². The van der Waals surface area contributed by atoms with Gasteiger partial charge in [0.05, 0.1) is 23.7 Å². The quantitative estimate of drug-likeness (QED) is 0.225. The first-order valence-corrected chi connectivity index (χ1v) is 15.1. The normalized spacial score (nSPS) is 12.2. The maximum Gasteiger partial charge on any atom is 0.264 e. The highest BCUT2D eigenvalue weighted by atomic mass is 35.5. The van der Waals surface area contributed by atoms with E-state index < -0.39 is 28.4 Å². The number of aliphatic hydroxyl groups excluding tert-OH is 1. The number of thiol groups is 1. The number of sulfonamides is 1. The fraction of sp³-hybridized carbons (Fsp3) is 0.370. The Morgan fingerprint density at radius 3 is 2.49 bits per heavy atom. The molecule has 1 unspecified atom stereocenters. The highest BCUT2D eigenvalue weighted by Gasteiger charge is 2.23. The van der Waals surface area contributed by atoms with E-state index in [0.717, 1.165) is 30.7 Å². The predicted molar refractivity (Wildman–Crippen MR) is 154 cm³/mol. The summed E-state index contributed by atoms with van der Waals surface area (Å²) in [5.74, 6) is -0.544. The molecule has 1 aromatic heterocycles. The number of nitrogens with one attached hydrogen (secondary N) is 2. The maximum atomic E-state index is 13.1. The van der Waals surface area contributed by atoms with Gasteiger partial charge in [0.1, 0.15) is 5.82 Å². The van der Waals surface area contributed by atoms with Gasteiger partial charge in [0.2, 0.25) is 5.91 Å². The predicted octanol–water partition coefficient (Wildman–Crippen LogP) is 3.57. The van der Waals surface area contributed by atoms with Crippen LogP contribution in [0, 0.1) is 5.92 Å². The molecule has 0 bridgehead atoms. The van der Waals surface area contributed by atoms with E-state index in [1.807, 2.05) is 21.4 Å². The van der Waals surface area contributed by atoms with Crippen molar-refractivity contribution in [3.63, 3.8) is 0 Å². The number of rotatable bonds is 13. The standard InChI is InChI=1S/C27H33ClN4O5S2/c1-3-4-9-24-30-26(28)22(16-33)32(24)15-19-10-12-20(13-11-19)21-7-5-6-8-23(21)39(36,37)31-25(34)14-29-27(35)18(2)17-38/h5-8,10-13,18,33,38H,3-4,9,14-17H2,1-2H3,(H,29,35)(H,31,34). The molecular weight excluding hydrogens is 560 g/mol. The summed E-state index contributed by atoms with van der Waals surface area (Å²) in [6.45, 7) is 3.49. The maximum absolute atomic E-state index is 13.1. The minimum absolute atomic E-state index is 0.0630. The first-order valence-electron chi connectivity index (χ1n) is 12.6. The Kier molecular flexibility index (Phi) is 11.0. The Hall–Kier alpha value is -2.86. The number of aryl methyl sites for hydroxylation is 1. The van der Waals surface area contributed by atoms with Crippen molar-refractivity contribution < 1.29 is 23.1 Å². The molecule has 12 heteroatoms. The molecule has 1 heterocycles. The van der Waals surface area contributed by atoms with Crippen molar-refractivity contribution in [3.05, 3.63) is 70.8 Å². The molecule has 0 saturated heterocycles. The number of halogens is 1. The number of carbonyl (C=O) groups excluding carboxylic acids is 2. The van der Waals surface area contributed by atoms with Crippen LogP contribution in [0.1, 0.15) is 43.8 Å². The summed E-state index contributed by atoms with van der Waals surface area (Å²) in [5.41, 5.74) is 2.53. The van der Waals surface area contributed by atoms with E-state index in [9.17, 15) is 23.1 Å². The van der Waals surface area contributed by atoms with Crippen LogP contribution in [0.15, 0.2) is 53.4 Å². The van der Waals surface area contributed by atoms with Crippen LogP contribution >= 0.6 is 24.2 Å². The third-order valence-corrected chi connectivity index (χ3v) is 8.46. The number of aliphatic hydroxyl groups is 1. The number of aromatic nitrogens is 2. The molecule has 0 spiro atoms. The Morgan fingerprint density at radius 1 is 1.15 bits per heavy atom. The van der Waals surface area contributed by atoms with E-state index in [-0.39, 0.29) is 22.6 Å². The number of amides is 2. The summed E-state index contributed by atoms with van der Waals surface area (Å²) in [6.07, 6.45) is 2.68. The molecule has 0 saturated carbocycles. The van der Waals surface area contributed by atoms with Crippen molar-refractivity contribution in [1.82, 2.24) is 19.6 Å². The second-order valence-electron chi connectivity index (χ2n) is 9.14. The average molecular weight is 593 g/mol. The van der Waals surface area contributed by atoms with Crippen molar-refractivity contribution in [2.75, 3.05) is 12.3 Å². The molecule has 2 amide bonds. The Balaban J connectivity index is 1.80. The Bertz CT molecular complexity index is 1410. The SMILES string of the molecule is CCCCc1nc(Cl)c(CO)n1Cc1ccc(-c2ccccc2S(=O)(=O)NC(=O)CNC(=O)C(C)CS)cc1. The summed E-state index contributed by atoms with van der Waals surface area (Å²) in [5, 5.41) is 12.5. The number of hydrogen-bond acceptors (Lipinski definition) is 7. The van der Waals surface area contributed by atoms with Gasteiger partial charge in [0.25, 0.3) is 15.9 Å². The van der Waals surface area contributed by atoms with Gasteiger partial charge in [-0.2, -0.15) is 12.6 Å². The average Bonchev–Trinajstić information content (AvgIpc) is 3.23. The second kappa shape index (κ2) is 14.0. The molecule has 9 nitrogen and oxygen atoms in total. The zero-order chi connectivity index (χ0) is 28.6. The summed E-state index contributed by atoms with van der Waals surface area (Å²) in [6, 6.07) is 13.7. The number of carbonyl (C=O) groups is 2. The molecule has 2 aromatic carbocycles. The third kappa shape index (κ3) is 7.84. The van der Waals surface area contributed by atoms with E-state index in [2.05, 4.69) is 29.9 Å². The molecule has 0 aliphatic heterocycles. The van der Waals surface area contributed by atoms with Crippen molar-refractivity contribution in [1.29, 1.82) is 0 Å². The molecule has 39 heavy (non-hydrogen) atoms. The van der Waals surface area contributed by atoms with Crippen molar-refractivity contribution >= 4 is 46.1 Å². The summed E-state index contributed by atoms with van der Waals surface area (Å²) in [7, 11) is -4.21. The summed E-state index contributed by atoms with van der Waals surface area (Å²) >= 11 is 10.3. The Labute approximate surface area is 239 Å². The lowest BCUT2D eigenvalue weighted by atomic mass is 10.0. The van der Waals surface area contributed by atoms with Crippen molar-refractivity contribution in [2.24, 2.45) is 5.92 Å². The van der Waals surface area contributed by atoms with Gasteiger partial charge in [-0.25, -0.2) is 18.1 Å². The topological polar surface area (TPSA) is 130 Å². The van der Waals surface area contributed by atoms with Crippen molar-refractivity contribution in [2.45, 2.75) is 51.2 Å². The van der Waals surface area contributed by atoms with E-state index in [1.54, 1.807) is 37.3 Å². The first kappa shape index (κ1) is 30.7. The highest BCUT2D eigenvalue weighted by molar-refractivity contribution is 7.90. The third-order valence-electron chi connectivity index (χ3n) is 6.18.